The third-order valence-corrected chi connectivity index (χ3v) is 0.919. The Hall–Kier alpha value is -1.23. The molecule has 0 atom stereocenters. The van der Waals surface area contributed by atoms with Crippen molar-refractivity contribution in [1.82, 2.24) is 0 Å². The minimum Gasteiger partial charge on any atom is -0.479 e. The minimum atomic E-state index is 0.115. The van der Waals surface area contributed by atoms with Gasteiger partial charge in [0, 0.05) is 0 Å². The number of nitriles is 1. The molecule has 0 fully saturated rings. The summed E-state index contributed by atoms with van der Waals surface area (Å²) < 4.78 is 4.99. The number of hydrogen-bond donors (Lipinski definition) is 0. The van der Waals surface area contributed by atoms with Crippen LogP contribution in [0.3, 0.4) is 0 Å². The van der Waals surface area contributed by atoms with Crippen molar-refractivity contribution in [1.29, 1.82) is 5.26 Å². The Balaban J connectivity index is -0.000000266. The van der Waals surface area contributed by atoms with Crippen molar-refractivity contribution in [2.45, 2.75) is 41.5 Å². The lowest BCUT2D eigenvalue weighted by Gasteiger charge is -1.98. The molecule has 0 radical (unpaired) electrons. The van der Waals surface area contributed by atoms with Gasteiger partial charge in [-0.2, -0.15) is 5.26 Å². The van der Waals surface area contributed by atoms with E-state index in [4.69, 9.17) is 10.00 Å². The van der Waals surface area contributed by atoms with Crippen molar-refractivity contribution in [2.24, 2.45) is 0 Å². The highest BCUT2D eigenvalue weighted by molar-refractivity contribution is 5.10. The van der Waals surface area contributed by atoms with E-state index in [2.05, 4.69) is 0 Å². The summed E-state index contributed by atoms with van der Waals surface area (Å²) in [7, 11) is 0. The van der Waals surface area contributed by atoms with Crippen LogP contribution in [0.25, 0.3) is 0 Å². The fourth-order valence-electron chi connectivity index (χ4n) is 0.508. The molecule has 0 aliphatic rings. The minimum absolute atomic E-state index is 0.115. The lowest BCUT2D eigenvalue weighted by molar-refractivity contribution is 0.265. The zero-order valence-corrected chi connectivity index (χ0v) is 10.3. The van der Waals surface area contributed by atoms with E-state index in [0.29, 0.717) is 0 Å². The fourth-order valence-corrected chi connectivity index (χ4v) is 0.508. The Morgan fingerprint density at radius 1 is 1.21 bits per heavy atom. The van der Waals surface area contributed by atoms with Gasteiger partial charge in [-0.1, -0.05) is 33.8 Å². The topological polar surface area (TPSA) is 33.0 Å². The Kier molecular flexibility index (Phi) is 29.9. The molecule has 0 aromatic heterocycles. The zero-order valence-electron chi connectivity index (χ0n) is 10.3. The molecule has 0 rings (SSSR count). The molecule has 0 aliphatic carbocycles. The average molecular weight is 197 g/mol. The van der Waals surface area contributed by atoms with Gasteiger partial charge in [0.2, 0.25) is 0 Å². The van der Waals surface area contributed by atoms with Gasteiger partial charge in [0.1, 0.15) is 11.8 Å². The predicted molar refractivity (Wildman–Crippen MR) is 62.8 cm³/mol. The first-order valence-corrected chi connectivity index (χ1v) is 5.14. The Morgan fingerprint density at radius 2 is 1.71 bits per heavy atom. The summed E-state index contributed by atoms with van der Waals surface area (Å²) in [6.45, 7) is 11.9. The first-order valence-electron chi connectivity index (χ1n) is 5.14. The molecular formula is C12H23NO. The second-order valence-electron chi connectivity index (χ2n) is 1.64. The van der Waals surface area contributed by atoms with Gasteiger partial charge in [0.15, 0.2) is 6.61 Å². The molecule has 0 aromatic rings. The third kappa shape index (κ3) is 17.0. The van der Waals surface area contributed by atoms with Crippen LogP contribution in [0.4, 0.5) is 0 Å². The molecule has 0 aliphatic heterocycles. The third-order valence-electron chi connectivity index (χ3n) is 0.919. The molecule has 2 nitrogen and oxygen atoms in total. The number of nitrogens with zero attached hydrogens (tertiary/aromatic N) is 1. The van der Waals surface area contributed by atoms with Gasteiger partial charge in [-0.15, -0.1) is 0 Å². The smallest absolute Gasteiger partial charge is 0.174 e. The van der Waals surface area contributed by atoms with Crippen LogP contribution >= 0.6 is 0 Å². The first-order chi connectivity index (χ1) is 6.85. The zero-order chi connectivity index (χ0) is 11.8. The maximum atomic E-state index is 8.15. The van der Waals surface area contributed by atoms with Crippen molar-refractivity contribution >= 4 is 0 Å². The second-order valence-corrected chi connectivity index (χ2v) is 1.64. The predicted octanol–water partition coefficient (Wildman–Crippen LogP) is 4.06. The Bertz CT molecular complexity index is 175. The van der Waals surface area contributed by atoms with Crippen LogP contribution in [0, 0.1) is 11.3 Å². The van der Waals surface area contributed by atoms with Gasteiger partial charge in [0.25, 0.3) is 0 Å². The number of rotatable bonds is 3. The summed E-state index contributed by atoms with van der Waals surface area (Å²) in [5.74, 6) is 0.740. The van der Waals surface area contributed by atoms with Gasteiger partial charge >= 0.3 is 0 Å². The number of ether oxygens (including phenoxy) is 1. The monoisotopic (exact) mass is 197 g/mol. The van der Waals surface area contributed by atoms with Crippen LogP contribution in [0.1, 0.15) is 41.5 Å². The van der Waals surface area contributed by atoms with E-state index >= 15 is 0 Å². The van der Waals surface area contributed by atoms with E-state index in [9.17, 15) is 0 Å². The standard InChI is InChI=1S/C8H11NO.2C2H6/c1-3-5-8(4-2)10-7-6-9;2*1-2/h3-5H,7H2,1-2H3;2*1-2H3/b5-3-,8-4+;;. The highest BCUT2D eigenvalue weighted by atomic mass is 16.5. The lowest BCUT2D eigenvalue weighted by Crippen LogP contribution is -1.88. The van der Waals surface area contributed by atoms with Gasteiger partial charge in [-0.05, 0) is 26.0 Å². The lowest BCUT2D eigenvalue weighted by atomic mass is 10.4. The van der Waals surface area contributed by atoms with E-state index < -0.39 is 0 Å². The van der Waals surface area contributed by atoms with E-state index in [-0.39, 0.29) is 6.61 Å². The van der Waals surface area contributed by atoms with Gasteiger partial charge in [-0.3, -0.25) is 0 Å². The molecule has 0 heterocycles. The summed E-state index contributed by atoms with van der Waals surface area (Å²) in [5, 5.41) is 8.15. The molecule has 0 aromatic carbocycles. The van der Waals surface area contributed by atoms with Gasteiger partial charge in [0.05, 0.1) is 0 Å². The van der Waals surface area contributed by atoms with Gasteiger partial charge in [-0.25, -0.2) is 0 Å². The molecule has 0 unspecified atom stereocenters. The SMILES string of the molecule is C/C=C\C(=C/C)OCC#N.CC.CC. The molecule has 0 saturated heterocycles. The van der Waals surface area contributed by atoms with Crippen molar-refractivity contribution in [2.75, 3.05) is 6.61 Å². The summed E-state index contributed by atoms with van der Waals surface area (Å²) in [6, 6.07) is 1.89. The molecule has 0 spiro atoms. The largest absolute Gasteiger partial charge is 0.479 e. The van der Waals surface area contributed by atoms with Crippen LogP contribution in [0.15, 0.2) is 24.0 Å². The highest BCUT2D eigenvalue weighted by Crippen LogP contribution is 1.97. The van der Waals surface area contributed by atoms with E-state index in [0.717, 1.165) is 5.76 Å². The van der Waals surface area contributed by atoms with Crippen molar-refractivity contribution < 1.29 is 4.74 Å². The quantitative estimate of drug-likeness (QED) is 0.505. The average Bonchev–Trinajstić information content (AvgIpc) is 2.29. The summed E-state index contributed by atoms with van der Waals surface area (Å²) in [5.41, 5.74) is 0. The van der Waals surface area contributed by atoms with E-state index in [1.165, 1.54) is 0 Å². The molecule has 0 bridgehead atoms. The maximum Gasteiger partial charge on any atom is 0.174 e. The van der Waals surface area contributed by atoms with Crippen LogP contribution in [0.5, 0.6) is 0 Å². The molecular weight excluding hydrogens is 174 g/mol. The normalized spacial score (nSPS) is 9.07. The Morgan fingerprint density at radius 3 is 2.00 bits per heavy atom. The molecule has 0 N–H and O–H groups in total. The van der Waals surface area contributed by atoms with Crippen LogP contribution in [-0.4, -0.2) is 6.61 Å². The molecule has 0 saturated carbocycles. The molecule has 0 amide bonds. The fraction of sp³-hybridized carbons (Fsp3) is 0.583. The van der Waals surface area contributed by atoms with E-state index in [1.54, 1.807) is 0 Å². The maximum absolute atomic E-state index is 8.15. The molecule has 82 valence electrons. The van der Waals surface area contributed by atoms with E-state index in [1.807, 2.05) is 65.8 Å². The summed E-state index contributed by atoms with van der Waals surface area (Å²) in [4.78, 5) is 0. The van der Waals surface area contributed by atoms with Crippen molar-refractivity contribution in [3.8, 4) is 6.07 Å². The number of allylic oxidation sites excluding steroid dienone is 3. The first kappa shape index (κ1) is 18.5. The summed E-state index contributed by atoms with van der Waals surface area (Å²) in [6.07, 6.45) is 5.50. The highest BCUT2D eigenvalue weighted by Gasteiger charge is 1.86. The van der Waals surface area contributed by atoms with Crippen molar-refractivity contribution in [3.63, 3.8) is 0 Å². The second kappa shape index (κ2) is 22.6. The van der Waals surface area contributed by atoms with Crippen molar-refractivity contribution in [3.05, 3.63) is 24.0 Å². The molecule has 2 heteroatoms. The van der Waals surface area contributed by atoms with Crippen LogP contribution < -0.4 is 0 Å². The van der Waals surface area contributed by atoms with Gasteiger partial charge < -0.3 is 4.74 Å². The van der Waals surface area contributed by atoms with Crippen LogP contribution in [-0.2, 0) is 4.74 Å². The number of hydrogen-bond acceptors (Lipinski definition) is 2. The summed E-state index contributed by atoms with van der Waals surface area (Å²) >= 11 is 0. The molecule has 14 heavy (non-hydrogen) atoms. The van der Waals surface area contributed by atoms with Crippen LogP contribution in [0.2, 0.25) is 0 Å². The Labute approximate surface area is 88.9 Å².